The van der Waals surface area contributed by atoms with Gasteiger partial charge in [0, 0.05) is 31.3 Å². The molecule has 0 aliphatic carbocycles. The van der Waals surface area contributed by atoms with Gasteiger partial charge in [0.25, 0.3) is 0 Å². The van der Waals surface area contributed by atoms with Gasteiger partial charge in [0.1, 0.15) is 11.6 Å². The Balaban J connectivity index is 2.71. The highest BCUT2D eigenvalue weighted by molar-refractivity contribution is 5.28. The molecule has 17 heavy (non-hydrogen) atoms. The number of rotatable bonds is 7. The molecule has 1 rings (SSSR count). The summed E-state index contributed by atoms with van der Waals surface area (Å²) in [5.74, 6) is 0.328. The Bertz CT molecular complexity index is 338. The average Bonchev–Trinajstić information content (AvgIpc) is 2.32. The first-order chi connectivity index (χ1) is 8.21. The van der Waals surface area contributed by atoms with Crippen LogP contribution in [0.25, 0.3) is 0 Å². The third-order valence-electron chi connectivity index (χ3n) is 2.64. The van der Waals surface area contributed by atoms with Crippen LogP contribution in [-0.4, -0.2) is 31.6 Å². The van der Waals surface area contributed by atoms with Crippen LogP contribution in [0, 0.1) is 5.82 Å². The first kappa shape index (κ1) is 13.9. The van der Waals surface area contributed by atoms with Crippen LogP contribution in [0.1, 0.15) is 18.9 Å². The van der Waals surface area contributed by atoms with E-state index in [9.17, 15) is 4.39 Å². The van der Waals surface area contributed by atoms with Gasteiger partial charge in [-0.1, -0.05) is 13.0 Å². The van der Waals surface area contributed by atoms with E-state index >= 15 is 0 Å². The highest BCUT2D eigenvalue weighted by Crippen LogP contribution is 2.17. The van der Waals surface area contributed by atoms with E-state index in [-0.39, 0.29) is 5.82 Å². The van der Waals surface area contributed by atoms with Crippen molar-refractivity contribution < 1.29 is 9.13 Å². The van der Waals surface area contributed by atoms with Crippen LogP contribution in [0.2, 0.25) is 0 Å². The van der Waals surface area contributed by atoms with E-state index in [4.69, 9.17) is 10.5 Å². The van der Waals surface area contributed by atoms with Gasteiger partial charge in [0.2, 0.25) is 0 Å². The number of benzene rings is 1. The monoisotopic (exact) mass is 240 g/mol. The molecule has 96 valence electrons. The zero-order chi connectivity index (χ0) is 12.7. The van der Waals surface area contributed by atoms with Gasteiger partial charge in [0.05, 0.1) is 7.11 Å². The Morgan fingerprint density at radius 1 is 1.35 bits per heavy atom. The fraction of sp³-hybridized carbons (Fsp3) is 0.538. The molecule has 2 N–H and O–H groups in total. The number of methoxy groups -OCH3 is 1. The Morgan fingerprint density at radius 2 is 2.12 bits per heavy atom. The molecule has 0 amide bonds. The minimum atomic E-state index is -0.220. The molecule has 3 nitrogen and oxygen atoms in total. The van der Waals surface area contributed by atoms with Gasteiger partial charge in [-0.25, -0.2) is 4.39 Å². The molecule has 4 heteroatoms. The van der Waals surface area contributed by atoms with Crippen LogP contribution in [0.3, 0.4) is 0 Å². The van der Waals surface area contributed by atoms with E-state index in [0.717, 1.165) is 19.5 Å². The third-order valence-corrected chi connectivity index (χ3v) is 2.64. The second kappa shape index (κ2) is 7.25. The summed E-state index contributed by atoms with van der Waals surface area (Å²) in [7, 11) is 1.53. The Morgan fingerprint density at radius 3 is 2.65 bits per heavy atom. The summed E-state index contributed by atoms with van der Waals surface area (Å²) in [4.78, 5) is 2.16. The molecule has 0 fully saturated rings. The molecule has 0 heterocycles. The van der Waals surface area contributed by atoms with Crippen molar-refractivity contribution in [3.8, 4) is 5.75 Å². The van der Waals surface area contributed by atoms with Crippen LogP contribution in [0.5, 0.6) is 5.75 Å². The number of nitrogens with zero attached hydrogens (tertiary/aromatic N) is 1. The maximum atomic E-state index is 13.7. The van der Waals surface area contributed by atoms with Gasteiger partial charge < -0.3 is 10.5 Å². The van der Waals surface area contributed by atoms with Crippen molar-refractivity contribution in [3.05, 3.63) is 29.6 Å². The highest BCUT2D eigenvalue weighted by atomic mass is 19.1. The third kappa shape index (κ3) is 4.32. The summed E-state index contributed by atoms with van der Waals surface area (Å²) >= 11 is 0. The predicted octanol–water partition coefficient (Wildman–Crippen LogP) is 2.00. The molecule has 1 aromatic rings. The summed E-state index contributed by atoms with van der Waals surface area (Å²) in [5.41, 5.74) is 6.23. The molecule has 0 aliphatic rings. The SMILES string of the molecule is CCCN(CCN)Cc1ccc(OC)cc1F. The first-order valence-electron chi connectivity index (χ1n) is 5.96. The Hall–Kier alpha value is -1.13. The number of hydrogen-bond acceptors (Lipinski definition) is 3. The first-order valence-corrected chi connectivity index (χ1v) is 5.96. The molecular weight excluding hydrogens is 219 g/mol. The molecule has 0 radical (unpaired) electrons. The van der Waals surface area contributed by atoms with Crippen LogP contribution in [0.15, 0.2) is 18.2 Å². The summed E-state index contributed by atoms with van der Waals surface area (Å²) < 4.78 is 18.7. The van der Waals surface area contributed by atoms with Gasteiger partial charge in [-0.15, -0.1) is 0 Å². The molecule has 0 atom stereocenters. The number of halogens is 1. The van der Waals surface area contributed by atoms with Gasteiger partial charge in [0.15, 0.2) is 0 Å². The number of ether oxygens (including phenoxy) is 1. The second-order valence-electron chi connectivity index (χ2n) is 4.02. The topological polar surface area (TPSA) is 38.5 Å². The van der Waals surface area contributed by atoms with E-state index in [0.29, 0.717) is 24.4 Å². The van der Waals surface area contributed by atoms with Crippen molar-refractivity contribution in [2.45, 2.75) is 19.9 Å². The van der Waals surface area contributed by atoms with Crippen molar-refractivity contribution in [1.82, 2.24) is 4.90 Å². The second-order valence-corrected chi connectivity index (χ2v) is 4.02. The minimum absolute atomic E-state index is 0.220. The number of hydrogen-bond donors (Lipinski definition) is 1. The lowest BCUT2D eigenvalue weighted by atomic mass is 10.2. The summed E-state index contributed by atoms with van der Waals surface area (Å²) in [6, 6.07) is 4.97. The van der Waals surface area contributed by atoms with E-state index in [2.05, 4.69) is 11.8 Å². The van der Waals surface area contributed by atoms with E-state index < -0.39 is 0 Å². The quantitative estimate of drug-likeness (QED) is 0.792. The zero-order valence-electron chi connectivity index (χ0n) is 10.6. The van der Waals surface area contributed by atoms with Crippen molar-refractivity contribution in [2.24, 2.45) is 5.73 Å². The normalized spacial score (nSPS) is 10.9. The maximum Gasteiger partial charge on any atom is 0.131 e. The van der Waals surface area contributed by atoms with Gasteiger partial charge >= 0.3 is 0 Å². The van der Waals surface area contributed by atoms with Gasteiger partial charge in [-0.2, -0.15) is 0 Å². The standard InChI is InChI=1S/C13H21FN2O/c1-3-7-16(8-6-15)10-11-4-5-12(17-2)9-13(11)14/h4-5,9H,3,6-8,10,15H2,1-2H3. The summed E-state index contributed by atoms with van der Waals surface area (Å²) in [6.07, 6.45) is 1.04. The molecule has 0 aliphatic heterocycles. The fourth-order valence-corrected chi connectivity index (χ4v) is 1.79. The van der Waals surface area contributed by atoms with Crippen LogP contribution >= 0.6 is 0 Å². The average molecular weight is 240 g/mol. The van der Waals surface area contributed by atoms with Crippen LogP contribution in [0.4, 0.5) is 4.39 Å². The summed E-state index contributed by atoms with van der Waals surface area (Å²) in [6.45, 7) is 5.02. The molecule has 0 bridgehead atoms. The van der Waals surface area contributed by atoms with E-state index in [1.165, 1.54) is 13.2 Å². The lowest BCUT2D eigenvalue weighted by Crippen LogP contribution is -2.30. The largest absolute Gasteiger partial charge is 0.497 e. The minimum Gasteiger partial charge on any atom is -0.497 e. The van der Waals surface area contributed by atoms with Crippen molar-refractivity contribution >= 4 is 0 Å². The summed E-state index contributed by atoms with van der Waals surface area (Å²) in [5, 5.41) is 0. The lowest BCUT2D eigenvalue weighted by Gasteiger charge is -2.21. The molecule has 0 unspecified atom stereocenters. The lowest BCUT2D eigenvalue weighted by molar-refractivity contribution is 0.269. The fourth-order valence-electron chi connectivity index (χ4n) is 1.79. The molecule has 0 saturated heterocycles. The Kier molecular flexibility index (Phi) is 5.94. The molecule has 0 saturated carbocycles. The molecular formula is C13H21FN2O. The Labute approximate surface area is 102 Å². The number of nitrogens with two attached hydrogens (primary N) is 1. The zero-order valence-corrected chi connectivity index (χ0v) is 10.6. The molecule has 0 aromatic heterocycles. The predicted molar refractivity (Wildman–Crippen MR) is 67.6 cm³/mol. The van der Waals surface area contributed by atoms with Gasteiger partial charge in [-0.3, -0.25) is 4.90 Å². The van der Waals surface area contributed by atoms with Gasteiger partial charge in [-0.05, 0) is 19.0 Å². The molecule has 0 spiro atoms. The van der Waals surface area contributed by atoms with Crippen molar-refractivity contribution in [1.29, 1.82) is 0 Å². The van der Waals surface area contributed by atoms with E-state index in [1.54, 1.807) is 12.1 Å². The van der Waals surface area contributed by atoms with E-state index in [1.807, 2.05) is 0 Å². The van der Waals surface area contributed by atoms with Crippen molar-refractivity contribution in [2.75, 3.05) is 26.7 Å². The molecule has 1 aromatic carbocycles. The highest BCUT2D eigenvalue weighted by Gasteiger charge is 2.09. The smallest absolute Gasteiger partial charge is 0.131 e. The maximum absolute atomic E-state index is 13.7. The van der Waals surface area contributed by atoms with Crippen LogP contribution < -0.4 is 10.5 Å². The van der Waals surface area contributed by atoms with Crippen LogP contribution in [-0.2, 0) is 6.54 Å². The van der Waals surface area contributed by atoms with Crippen molar-refractivity contribution in [3.63, 3.8) is 0 Å².